The van der Waals surface area contributed by atoms with E-state index in [-0.39, 0.29) is 28.3 Å². The quantitative estimate of drug-likeness (QED) is 0.462. The normalized spacial score (nSPS) is 25.1. The highest BCUT2D eigenvalue weighted by molar-refractivity contribution is 6.30. The number of carbonyl (C=O) groups is 3. The number of ether oxygens (including phenoxy) is 2. The summed E-state index contributed by atoms with van der Waals surface area (Å²) in [4.78, 5) is 46.7. The number of esters is 1. The number of halogens is 1. The number of piperidine rings is 2. The molecule has 0 aromatic carbocycles. The van der Waals surface area contributed by atoms with Crippen LogP contribution in [0.15, 0.2) is 12.3 Å². The molecule has 0 bridgehead atoms. The molecule has 0 radical (unpaired) electrons. The summed E-state index contributed by atoms with van der Waals surface area (Å²) in [5, 5.41) is 2.81. The van der Waals surface area contributed by atoms with Gasteiger partial charge in [0.15, 0.2) is 0 Å². The molecule has 1 atom stereocenters. The third-order valence-corrected chi connectivity index (χ3v) is 7.38. The maximum Gasteiger partial charge on any atom is 0.412 e. The average Bonchev–Trinajstić information content (AvgIpc) is 3.00. The predicted octanol–water partition coefficient (Wildman–Crippen LogP) is 4.49. The molecule has 3 saturated heterocycles. The Bertz CT molecular complexity index is 1030. The highest BCUT2D eigenvalue weighted by atomic mass is 35.5. The van der Waals surface area contributed by atoms with Gasteiger partial charge in [0.25, 0.3) is 5.91 Å². The van der Waals surface area contributed by atoms with Crippen LogP contribution in [0.5, 0.6) is 0 Å². The Hall–Kier alpha value is -2.39. The van der Waals surface area contributed by atoms with Crippen LogP contribution in [0.1, 0.15) is 77.1 Å². The number of pyridine rings is 1. The Balaban J connectivity index is 1.40. The number of hydrogen-bond acceptors (Lipinski definition) is 7. The Morgan fingerprint density at radius 1 is 1.22 bits per heavy atom. The summed E-state index contributed by atoms with van der Waals surface area (Å²) in [5.74, 6) is -0.274. The minimum atomic E-state index is -0.673. The van der Waals surface area contributed by atoms with Crippen molar-refractivity contribution in [2.75, 3.05) is 31.5 Å². The van der Waals surface area contributed by atoms with E-state index in [0.717, 1.165) is 45.2 Å². The third kappa shape index (κ3) is 5.94. The topological polar surface area (TPSA) is 101 Å². The summed E-state index contributed by atoms with van der Waals surface area (Å²) in [6.45, 7) is 12.1. The first kappa shape index (κ1) is 26.7. The average molecular weight is 521 g/mol. The molecule has 4 heterocycles. The van der Waals surface area contributed by atoms with E-state index in [1.165, 1.54) is 12.3 Å². The zero-order valence-corrected chi connectivity index (χ0v) is 22.6. The fraction of sp³-hybridized carbons (Fsp3) is 0.692. The fourth-order valence-corrected chi connectivity index (χ4v) is 5.95. The molecule has 1 aromatic heterocycles. The number of carbonyl (C=O) groups excluding carboxylic acids is 3. The molecule has 1 aromatic rings. The van der Waals surface area contributed by atoms with Crippen molar-refractivity contribution >= 4 is 35.3 Å². The van der Waals surface area contributed by atoms with Gasteiger partial charge in [-0.15, -0.1) is 0 Å². The molecule has 36 heavy (non-hydrogen) atoms. The summed E-state index contributed by atoms with van der Waals surface area (Å²) in [6.07, 6.45) is 4.94. The second-order valence-electron chi connectivity index (χ2n) is 11.9. The van der Waals surface area contributed by atoms with Crippen LogP contribution in [-0.2, 0) is 14.3 Å². The monoisotopic (exact) mass is 520 g/mol. The molecule has 3 aliphatic heterocycles. The number of likely N-dealkylation sites (tertiary alicyclic amines) is 2. The van der Waals surface area contributed by atoms with Crippen LogP contribution in [0, 0.1) is 5.41 Å². The predicted molar refractivity (Wildman–Crippen MR) is 136 cm³/mol. The number of cyclic esters (lactones) is 1. The van der Waals surface area contributed by atoms with E-state index in [2.05, 4.69) is 15.2 Å². The van der Waals surface area contributed by atoms with Crippen LogP contribution < -0.4 is 5.32 Å². The van der Waals surface area contributed by atoms with Crippen molar-refractivity contribution in [1.82, 2.24) is 14.8 Å². The lowest BCUT2D eigenvalue weighted by molar-refractivity contribution is -0.154. The molecule has 1 spiro atoms. The SMILES string of the molecule is CC(C)(C)OC(=O)Nc1cnc(Cl)cc1C(=O)N1CCC(N2CCCC3(C2)CC(C)(C)OC3=O)CC1. The van der Waals surface area contributed by atoms with Gasteiger partial charge in [0.05, 0.1) is 22.9 Å². The fourth-order valence-electron chi connectivity index (χ4n) is 5.80. The molecular weight excluding hydrogens is 484 g/mol. The Morgan fingerprint density at radius 2 is 1.92 bits per heavy atom. The number of anilines is 1. The number of nitrogens with one attached hydrogen (secondary N) is 1. The van der Waals surface area contributed by atoms with Gasteiger partial charge in [-0.2, -0.15) is 0 Å². The molecule has 198 valence electrons. The first-order chi connectivity index (χ1) is 16.8. The summed E-state index contributed by atoms with van der Waals surface area (Å²) < 4.78 is 11.0. The van der Waals surface area contributed by atoms with Crippen molar-refractivity contribution in [2.24, 2.45) is 5.41 Å². The van der Waals surface area contributed by atoms with Gasteiger partial charge in [-0.25, -0.2) is 9.78 Å². The molecule has 0 aliphatic carbocycles. The molecule has 9 nitrogen and oxygen atoms in total. The van der Waals surface area contributed by atoms with Crippen LogP contribution in [0.4, 0.5) is 10.5 Å². The van der Waals surface area contributed by atoms with Gasteiger partial charge in [0.1, 0.15) is 16.4 Å². The zero-order chi connectivity index (χ0) is 26.3. The Kier molecular flexibility index (Phi) is 7.27. The lowest BCUT2D eigenvalue weighted by atomic mass is 9.74. The smallest absolute Gasteiger partial charge is 0.412 e. The van der Waals surface area contributed by atoms with Crippen molar-refractivity contribution in [3.05, 3.63) is 23.0 Å². The largest absolute Gasteiger partial charge is 0.459 e. The minimum absolute atomic E-state index is 0.0654. The molecule has 2 amide bonds. The van der Waals surface area contributed by atoms with Gasteiger partial charge in [0.2, 0.25) is 0 Å². The second kappa shape index (κ2) is 9.82. The number of amides is 2. The summed E-state index contributed by atoms with van der Waals surface area (Å²) in [5.41, 5.74) is -0.945. The van der Waals surface area contributed by atoms with E-state index in [9.17, 15) is 14.4 Å². The van der Waals surface area contributed by atoms with E-state index in [1.807, 2.05) is 13.8 Å². The van der Waals surface area contributed by atoms with Gasteiger partial charge >= 0.3 is 12.1 Å². The Morgan fingerprint density at radius 3 is 2.53 bits per heavy atom. The Labute approximate surface area is 217 Å². The summed E-state index contributed by atoms with van der Waals surface area (Å²) in [6, 6.07) is 1.79. The maximum atomic E-state index is 13.4. The number of rotatable bonds is 3. The first-order valence-electron chi connectivity index (χ1n) is 12.7. The van der Waals surface area contributed by atoms with E-state index in [4.69, 9.17) is 21.1 Å². The molecule has 10 heteroatoms. The molecule has 3 aliphatic rings. The van der Waals surface area contributed by atoms with Gasteiger partial charge in [-0.1, -0.05) is 11.6 Å². The van der Waals surface area contributed by atoms with Crippen LogP contribution in [-0.4, -0.2) is 76.2 Å². The number of hydrogen-bond donors (Lipinski definition) is 1. The zero-order valence-electron chi connectivity index (χ0n) is 21.9. The van der Waals surface area contributed by atoms with E-state index >= 15 is 0 Å². The van der Waals surface area contributed by atoms with E-state index in [1.54, 1.807) is 25.7 Å². The summed E-state index contributed by atoms with van der Waals surface area (Å²) >= 11 is 6.09. The third-order valence-electron chi connectivity index (χ3n) is 7.18. The lowest BCUT2D eigenvalue weighted by Gasteiger charge is -2.44. The van der Waals surface area contributed by atoms with Crippen molar-refractivity contribution in [3.8, 4) is 0 Å². The summed E-state index contributed by atoms with van der Waals surface area (Å²) in [7, 11) is 0. The van der Waals surface area contributed by atoms with Gasteiger partial charge in [-0.05, 0) is 72.9 Å². The van der Waals surface area contributed by atoms with Crippen LogP contribution in [0.3, 0.4) is 0 Å². The van der Waals surface area contributed by atoms with Gasteiger partial charge in [0, 0.05) is 32.1 Å². The van der Waals surface area contributed by atoms with Crippen molar-refractivity contribution < 1.29 is 23.9 Å². The number of aromatic nitrogens is 1. The van der Waals surface area contributed by atoms with Crippen molar-refractivity contribution in [1.29, 1.82) is 0 Å². The van der Waals surface area contributed by atoms with Crippen molar-refractivity contribution in [3.63, 3.8) is 0 Å². The van der Waals surface area contributed by atoms with Gasteiger partial charge < -0.3 is 14.4 Å². The highest BCUT2D eigenvalue weighted by Gasteiger charge is 2.54. The molecule has 3 fully saturated rings. The van der Waals surface area contributed by atoms with Gasteiger partial charge in [-0.3, -0.25) is 19.8 Å². The van der Waals surface area contributed by atoms with E-state index in [0.29, 0.717) is 19.1 Å². The van der Waals surface area contributed by atoms with Crippen LogP contribution in [0.25, 0.3) is 0 Å². The lowest BCUT2D eigenvalue weighted by Crippen LogP contribution is -2.53. The van der Waals surface area contributed by atoms with Crippen molar-refractivity contribution in [2.45, 2.75) is 84.0 Å². The number of nitrogens with zero attached hydrogens (tertiary/aromatic N) is 3. The molecule has 4 rings (SSSR count). The second-order valence-corrected chi connectivity index (χ2v) is 12.3. The molecule has 0 saturated carbocycles. The first-order valence-corrected chi connectivity index (χ1v) is 13.1. The molecule has 1 N–H and O–H groups in total. The highest BCUT2D eigenvalue weighted by Crippen LogP contribution is 2.46. The van der Waals surface area contributed by atoms with Crippen LogP contribution in [0.2, 0.25) is 5.15 Å². The van der Waals surface area contributed by atoms with Crippen LogP contribution >= 0.6 is 11.6 Å². The molecule has 1 unspecified atom stereocenters. The molecular formula is C26H37ClN4O5. The maximum absolute atomic E-state index is 13.4. The minimum Gasteiger partial charge on any atom is -0.459 e. The standard InChI is InChI=1S/C26H37ClN4O5/c1-24(2,3)36-23(34)29-19-14-28-20(27)13-18(19)21(32)30-11-7-17(8-12-30)31-10-6-9-26(16-31)15-25(4,5)35-22(26)33/h13-14,17H,6-12,15-16H2,1-5H3,(H,29,34). The van der Waals surface area contributed by atoms with E-state index < -0.39 is 22.7 Å².